The first-order chi connectivity index (χ1) is 8.52. The fraction of sp³-hybridized carbons (Fsp3) is 0.636. The predicted octanol–water partition coefficient (Wildman–Crippen LogP) is 0.256. The lowest BCUT2D eigenvalue weighted by Crippen LogP contribution is -2.52. The number of hydrogen-bond donors (Lipinski definition) is 2. The standard InChI is InChI=1S/C11H17N3O3S/c1-6-5-17-8(4-15)3-14(6)10(16)9-7(2)13-11(12)18-9/h6,8,15H,3-5H2,1-2H3,(H2,12,13). The second-order valence-electron chi connectivity index (χ2n) is 4.41. The van der Waals surface area contributed by atoms with Crippen LogP contribution in [0.15, 0.2) is 0 Å². The molecule has 1 aliphatic heterocycles. The Labute approximate surface area is 109 Å². The monoisotopic (exact) mass is 271 g/mol. The number of aromatic nitrogens is 1. The van der Waals surface area contributed by atoms with E-state index in [1.165, 1.54) is 11.3 Å². The van der Waals surface area contributed by atoms with Crippen molar-refractivity contribution in [2.45, 2.75) is 26.0 Å². The molecule has 0 spiro atoms. The summed E-state index contributed by atoms with van der Waals surface area (Å²) >= 11 is 1.20. The summed E-state index contributed by atoms with van der Waals surface area (Å²) in [6.07, 6.45) is -0.310. The molecule has 0 saturated carbocycles. The number of morpholine rings is 1. The van der Waals surface area contributed by atoms with E-state index in [1.807, 2.05) is 6.92 Å². The van der Waals surface area contributed by atoms with Gasteiger partial charge >= 0.3 is 0 Å². The van der Waals surface area contributed by atoms with E-state index >= 15 is 0 Å². The van der Waals surface area contributed by atoms with Crippen LogP contribution in [0, 0.1) is 6.92 Å². The number of ether oxygens (including phenoxy) is 1. The quantitative estimate of drug-likeness (QED) is 0.805. The highest BCUT2D eigenvalue weighted by Gasteiger charge is 2.31. The Balaban J connectivity index is 2.19. The number of hydrogen-bond acceptors (Lipinski definition) is 6. The molecule has 2 rings (SSSR count). The van der Waals surface area contributed by atoms with Crippen LogP contribution in [0.1, 0.15) is 22.3 Å². The van der Waals surface area contributed by atoms with Gasteiger partial charge in [0.05, 0.1) is 31.1 Å². The first kappa shape index (κ1) is 13.3. The minimum atomic E-state index is -0.310. The Bertz CT molecular complexity index is 449. The van der Waals surface area contributed by atoms with Gasteiger partial charge in [0, 0.05) is 6.54 Å². The summed E-state index contributed by atoms with van der Waals surface area (Å²) in [5.74, 6) is -0.0871. The van der Waals surface area contributed by atoms with Gasteiger partial charge in [0.2, 0.25) is 0 Å². The van der Waals surface area contributed by atoms with E-state index in [0.29, 0.717) is 28.9 Å². The van der Waals surface area contributed by atoms with Crippen LogP contribution in [0.25, 0.3) is 0 Å². The van der Waals surface area contributed by atoms with Crippen molar-refractivity contribution in [3.63, 3.8) is 0 Å². The van der Waals surface area contributed by atoms with Crippen molar-refractivity contribution >= 4 is 22.4 Å². The van der Waals surface area contributed by atoms with Gasteiger partial charge in [-0.1, -0.05) is 11.3 Å². The van der Waals surface area contributed by atoms with Gasteiger partial charge in [-0.3, -0.25) is 4.79 Å². The van der Waals surface area contributed by atoms with Gasteiger partial charge in [0.1, 0.15) is 4.88 Å². The molecule has 1 fully saturated rings. The molecule has 1 aromatic rings. The molecule has 7 heteroatoms. The molecule has 100 valence electrons. The van der Waals surface area contributed by atoms with Crippen LogP contribution in [-0.2, 0) is 4.74 Å². The maximum atomic E-state index is 12.4. The number of amides is 1. The molecule has 6 nitrogen and oxygen atoms in total. The molecular formula is C11H17N3O3S. The van der Waals surface area contributed by atoms with Gasteiger partial charge in [-0.05, 0) is 13.8 Å². The molecule has 1 saturated heterocycles. The van der Waals surface area contributed by atoms with Gasteiger partial charge in [-0.15, -0.1) is 0 Å². The van der Waals surface area contributed by atoms with Crippen molar-refractivity contribution in [2.75, 3.05) is 25.5 Å². The molecule has 0 aromatic carbocycles. The maximum Gasteiger partial charge on any atom is 0.266 e. The summed E-state index contributed by atoms with van der Waals surface area (Å²) in [6.45, 7) is 4.44. The Hall–Kier alpha value is -1.18. The third kappa shape index (κ3) is 2.47. The fourth-order valence-corrected chi connectivity index (χ4v) is 2.75. The molecule has 2 heterocycles. The summed E-state index contributed by atoms with van der Waals surface area (Å²) < 4.78 is 5.41. The second-order valence-corrected chi connectivity index (χ2v) is 5.44. The van der Waals surface area contributed by atoms with Gasteiger partial charge < -0.3 is 20.5 Å². The number of carbonyl (C=O) groups excluding carboxylic acids is 1. The molecule has 0 radical (unpaired) electrons. The molecule has 0 bridgehead atoms. The van der Waals surface area contributed by atoms with E-state index in [9.17, 15) is 4.79 Å². The van der Waals surface area contributed by atoms with E-state index in [-0.39, 0.29) is 24.7 Å². The first-order valence-electron chi connectivity index (χ1n) is 5.79. The Morgan fingerprint density at radius 2 is 2.44 bits per heavy atom. The summed E-state index contributed by atoms with van der Waals surface area (Å²) in [4.78, 5) is 18.7. The van der Waals surface area contributed by atoms with E-state index in [0.717, 1.165) is 0 Å². The predicted molar refractivity (Wildman–Crippen MR) is 68.6 cm³/mol. The number of anilines is 1. The molecule has 1 amide bonds. The lowest BCUT2D eigenvalue weighted by Gasteiger charge is -2.37. The third-order valence-electron chi connectivity index (χ3n) is 2.98. The zero-order chi connectivity index (χ0) is 13.3. The summed E-state index contributed by atoms with van der Waals surface area (Å²) in [5, 5.41) is 9.51. The Kier molecular flexibility index (Phi) is 3.84. The molecule has 0 aliphatic carbocycles. The van der Waals surface area contributed by atoms with Crippen molar-refractivity contribution < 1.29 is 14.6 Å². The molecule has 18 heavy (non-hydrogen) atoms. The van der Waals surface area contributed by atoms with E-state index in [1.54, 1.807) is 11.8 Å². The number of aliphatic hydroxyl groups excluding tert-OH is 1. The number of aryl methyl sites for hydroxylation is 1. The fourth-order valence-electron chi connectivity index (χ4n) is 1.96. The Morgan fingerprint density at radius 3 is 3.00 bits per heavy atom. The van der Waals surface area contributed by atoms with E-state index in [2.05, 4.69) is 4.98 Å². The SMILES string of the molecule is Cc1nc(N)sc1C(=O)N1CC(CO)OCC1C. The summed E-state index contributed by atoms with van der Waals surface area (Å²) in [5.41, 5.74) is 6.26. The molecule has 2 atom stereocenters. The highest BCUT2D eigenvalue weighted by atomic mass is 32.1. The van der Waals surface area contributed by atoms with Gasteiger partial charge in [0.15, 0.2) is 5.13 Å². The van der Waals surface area contributed by atoms with Crippen molar-refractivity contribution in [3.05, 3.63) is 10.6 Å². The smallest absolute Gasteiger partial charge is 0.266 e. The zero-order valence-electron chi connectivity index (χ0n) is 10.4. The number of carbonyl (C=O) groups is 1. The van der Waals surface area contributed by atoms with Gasteiger partial charge in [-0.2, -0.15) is 0 Å². The highest BCUT2D eigenvalue weighted by molar-refractivity contribution is 7.17. The second kappa shape index (κ2) is 5.21. The van der Waals surface area contributed by atoms with E-state index < -0.39 is 0 Å². The molecule has 1 aromatic heterocycles. The van der Waals surface area contributed by atoms with Gasteiger partial charge in [-0.25, -0.2) is 4.98 Å². The molecule has 2 unspecified atom stereocenters. The maximum absolute atomic E-state index is 12.4. The van der Waals surface area contributed by atoms with Crippen LogP contribution in [-0.4, -0.2) is 52.8 Å². The normalized spacial score (nSPS) is 24.3. The summed E-state index contributed by atoms with van der Waals surface area (Å²) in [6, 6.07) is -0.0111. The Morgan fingerprint density at radius 1 is 1.72 bits per heavy atom. The van der Waals surface area contributed by atoms with Crippen LogP contribution in [0.4, 0.5) is 5.13 Å². The van der Waals surface area contributed by atoms with Crippen LogP contribution < -0.4 is 5.73 Å². The number of aliphatic hydroxyl groups is 1. The molecule has 3 N–H and O–H groups in total. The van der Waals surface area contributed by atoms with Crippen molar-refractivity contribution in [2.24, 2.45) is 0 Å². The third-order valence-corrected chi connectivity index (χ3v) is 3.95. The lowest BCUT2D eigenvalue weighted by atomic mass is 10.2. The van der Waals surface area contributed by atoms with Crippen molar-refractivity contribution in [1.29, 1.82) is 0 Å². The van der Waals surface area contributed by atoms with Crippen LogP contribution in [0.5, 0.6) is 0 Å². The number of thiazole rings is 1. The van der Waals surface area contributed by atoms with E-state index in [4.69, 9.17) is 15.6 Å². The minimum Gasteiger partial charge on any atom is -0.394 e. The number of nitrogens with two attached hydrogens (primary N) is 1. The van der Waals surface area contributed by atoms with Gasteiger partial charge in [0.25, 0.3) is 5.91 Å². The molecular weight excluding hydrogens is 254 g/mol. The topological polar surface area (TPSA) is 88.7 Å². The van der Waals surface area contributed by atoms with Crippen LogP contribution in [0.3, 0.4) is 0 Å². The lowest BCUT2D eigenvalue weighted by molar-refractivity contribution is -0.0666. The highest BCUT2D eigenvalue weighted by Crippen LogP contribution is 2.24. The van der Waals surface area contributed by atoms with Crippen LogP contribution in [0.2, 0.25) is 0 Å². The number of nitrogens with zero attached hydrogens (tertiary/aromatic N) is 2. The average Bonchev–Trinajstić information content (AvgIpc) is 2.68. The van der Waals surface area contributed by atoms with Crippen molar-refractivity contribution in [3.8, 4) is 0 Å². The summed E-state index contributed by atoms with van der Waals surface area (Å²) in [7, 11) is 0. The van der Waals surface area contributed by atoms with Crippen molar-refractivity contribution in [1.82, 2.24) is 9.88 Å². The number of rotatable bonds is 2. The molecule has 1 aliphatic rings. The first-order valence-corrected chi connectivity index (χ1v) is 6.61. The zero-order valence-corrected chi connectivity index (χ0v) is 11.2. The van der Waals surface area contributed by atoms with Crippen LogP contribution >= 0.6 is 11.3 Å². The largest absolute Gasteiger partial charge is 0.394 e. The average molecular weight is 271 g/mol. The number of nitrogen functional groups attached to an aromatic ring is 1. The minimum absolute atomic E-state index is 0.0111.